The van der Waals surface area contributed by atoms with Crippen LogP contribution in [0, 0.1) is 11.8 Å². The van der Waals surface area contributed by atoms with E-state index in [1.807, 2.05) is 24.3 Å². The predicted molar refractivity (Wildman–Crippen MR) is 74.5 cm³/mol. The summed E-state index contributed by atoms with van der Waals surface area (Å²) in [7, 11) is -0.508. The molecule has 5 nitrogen and oxygen atoms in total. The second kappa shape index (κ2) is 7.26. The van der Waals surface area contributed by atoms with Crippen molar-refractivity contribution in [2.75, 3.05) is 20.7 Å². The zero-order chi connectivity index (χ0) is 14.3. The van der Waals surface area contributed by atoms with E-state index in [4.69, 9.17) is 5.11 Å². The molecule has 0 fully saturated rings. The molecule has 0 saturated heterocycles. The maximum Gasteiger partial charge on any atom is 0.279 e. The van der Waals surface area contributed by atoms with Crippen molar-refractivity contribution in [3.05, 3.63) is 35.4 Å². The van der Waals surface area contributed by atoms with E-state index in [2.05, 4.69) is 16.6 Å². The summed E-state index contributed by atoms with van der Waals surface area (Å²) in [5, 5.41) is 8.69. The lowest BCUT2D eigenvalue weighted by Crippen LogP contribution is -2.35. The standard InChI is InChI=1S/C13H18N2O3S/c1-15(2)19(17,18)14-11-13-9-4-3-7-12(13)8-5-6-10-16/h3-4,7,9,14,16H,6,10-11H2,1-2H3. The first-order valence-corrected chi connectivity index (χ1v) is 7.26. The Morgan fingerprint density at radius 2 is 2.00 bits per heavy atom. The maximum atomic E-state index is 11.6. The van der Waals surface area contributed by atoms with Crippen LogP contribution in [0.3, 0.4) is 0 Å². The van der Waals surface area contributed by atoms with Crippen LogP contribution in [0.15, 0.2) is 24.3 Å². The Kier molecular flexibility index (Phi) is 5.99. The molecule has 104 valence electrons. The van der Waals surface area contributed by atoms with Gasteiger partial charge in [0.1, 0.15) is 0 Å². The Morgan fingerprint density at radius 1 is 1.32 bits per heavy atom. The van der Waals surface area contributed by atoms with Gasteiger partial charge >= 0.3 is 0 Å². The lowest BCUT2D eigenvalue weighted by molar-refractivity contribution is 0.305. The smallest absolute Gasteiger partial charge is 0.279 e. The van der Waals surface area contributed by atoms with Crippen molar-refractivity contribution in [2.24, 2.45) is 0 Å². The molecule has 0 aliphatic rings. The zero-order valence-corrected chi connectivity index (χ0v) is 11.9. The Balaban J connectivity index is 2.83. The fraction of sp³-hybridized carbons (Fsp3) is 0.385. The van der Waals surface area contributed by atoms with Crippen LogP contribution in [-0.2, 0) is 16.8 Å². The molecule has 0 radical (unpaired) electrons. The predicted octanol–water partition coefficient (Wildman–Crippen LogP) is 0.317. The van der Waals surface area contributed by atoms with Crippen molar-refractivity contribution >= 4 is 10.2 Å². The molecular formula is C13H18N2O3S. The first-order chi connectivity index (χ1) is 8.97. The highest BCUT2D eigenvalue weighted by atomic mass is 32.2. The average Bonchev–Trinajstić information content (AvgIpc) is 2.38. The number of aliphatic hydroxyl groups excluding tert-OH is 1. The van der Waals surface area contributed by atoms with Gasteiger partial charge in [0.25, 0.3) is 10.2 Å². The van der Waals surface area contributed by atoms with Gasteiger partial charge in [-0.15, -0.1) is 0 Å². The summed E-state index contributed by atoms with van der Waals surface area (Å²) >= 11 is 0. The molecule has 0 heterocycles. The molecule has 1 aromatic rings. The fourth-order valence-electron chi connectivity index (χ4n) is 1.31. The maximum absolute atomic E-state index is 11.6. The molecule has 0 bridgehead atoms. The van der Waals surface area contributed by atoms with E-state index in [1.54, 1.807) is 0 Å². The van der Waals surface area contributed by atoms with Gasteiger partial charge in [0, 0.05) is 32.6 Å². The van der Waals surface area contributed by atoms with Crippen molar-refractivity contribution in [1.82, 2.24) is 9.03 Å². The minimum absolute atomic E-state index is 0.0163. The zero-order valence-electron chi connectivity index (χ0n) is 11.0. The Morgan fingerprint density at radius 3 is 2.63 bits per heavy atom. The average molecular weight is 282 g/mol. The Bertz CT molecular complexity index is 571. The van der Waals surface area contributed by atoms with Gasteiger partial charge in [-0.3, -0.25) is 0 Å². The largest absolute Gasteiger partial charge is 0.395 e. The van der Waals surface area contributed by atoms with Crippen LogP contribution in [0.4, 0.5) is 0 Å². The van der Waals surface area contributed by atoms with Gasteiger partial charge in [0.15, 0.2) is 0 Å². The van der Waals surface area contributed by atoms with E-state index in [0.717, 1.165) is 15.4 Å². The Labute approximate surface area is 114 Å². The van der Waals surface area contributed by atoms with E-state index < -0.39 is 10.2 Å². The number of hydrogen-bond donors (Lipinski definition) is 2. The van der Waals surface area contributed by atoms with Crippen LogP contribution < -0.4 is 4.72 Å². The van der Waals surface area contributed by atoms with Crippen LogP contribution in [-0.4, -0.2) is 38.5 Å². The summed E-state index contributed by atoms with van der Waals surface area (Å²) in [5.74, 6) is 5.75. The van der Waals surface area contributed by atoms with Gasteiger partial charge in [-0.1, -0.05) is 30.0 Å². The van der Waals surface area contributed by atoms with Gasteiger partial charge < -0.3 is 5.11 Å². The molecule has 0 aliphatic heterocycles. The first kappa shape index (κ1) is 15.7. The second-order valence-corrected chi connectivity index (χ2v) is 6.01. The molecule has 0 saturated carbocycles. The molecule has 0 aliphatic carbocycles. The minimum atomic E-state index is -3.44. The third-order valence-corrected chi connectivity index (χ3v) is 3.87. The molecule has 0 spiro atoms. The summed E-state index contributed by atoms with van der Waals surface area (Å²) in [6.45, 7) is 0.201. The van der Waals surface area contributed by atoms with Gasteiger partial charge in [-0.05, 0) is 11.6 Å². The lowest BCUT2D eigenvalue weighted by Gasteiger charge is -2.13. The quantitative estimate of drug-likeness (QED) is 0.764. The first-order valence-electron chi connectivity index (χ1n) is 5.82. The van der Waals surface area contributed by atoms with Crippen LogP contribution in [0.25, 0.3) is 0 Å². The normalized spacial score (nSPS) is 11.2. The lowest BCUT2D eigenvalue weighted by atomic mass is 10.1. The van der Waals surface area contributed by atoms with Crippen LogP contribution in [0.5, 0.6) is 0 Å². The molecule has 19 heavy (non-hydrogen) atoms. The monoisotopic (exact) mass is 282 g/mol. The molecule has 0 aromatic heterocycles. The van der Waals surface area contributed by atoms with Crippen molar-refractivity contribution in [3.63, 3.8) is 0 Å². The molecule has 1 rings (SSSR count). The summed E-state index contributed by atoms with van der Waals surface area (Å²) < 4.78 is 26.8. The third kappa shape index (κ3) is 5.01. The van der Waals surface area contributed by atoms with E-state index in [-0.39, 0.29) is 13.2 Å². The molecule has 0 amide bonds. The summed E-state index contributed by atoms with van der Waals surface area (Å²) in [4.78, 5) is 0. The highest BCUT2D eigenvalue weighted by Gasteiger charge is 2.12. The molecule has 1 aromatic carbocycles. The second-order valence-electron chi connectivity index (χ2n) is 4.04. The number of hydrogen-bond acceptors (Lipinski definition) is 3. The van der Waals surface area contributed by atoms with Crippen LogP contribution in [0.1, 0.15) is 17.5 Å². The van der Waals surface area contributed by atoms with Crippen molar-refractivity contribution in [1.29, 1.82) is 0 Å². The van der Waals surface area contributed by atoms with Crippen LogP contribution >= 0.6 is 0 Å². The minimum Gasteiger partial charge on any atom is -0.395 e. The van der Waals surface area contributed by atoms with Gasteiger partial charge in [0.2, 0.25) is 0 Å². The summed E-state index contributed by atoms with van der Waals surface area (Å²) in [6.07, 6.45) is 0.401. The fourth-order valence-corrected chi connectivity index (χ4v) is 1.90. The topological polar surface area (TPSA) is 69.6 Å². The number of aliphatic hydroxyl groups is 1. The SMILES string of the molecule is CN(C)S(=O)(=O)NCc1ccccc1C#CCCO. The highest BCUT2D eigenvalue weighted by molar-refractivity contribution is 7.87. The Hall–Kier alpha value is -1.39. The number of rotatable bonds is 5. The highest BCUT2D eigenvalue weighted by Crippen LogP contribution is 2.07. The molecule has 0 unspecified atom stereocenters. The van der Waals surface area contributed by atoms with Crippen molar-refractivity contribution < 1.29 is 13.5 Å². The molecule has 2 N–H and O–H groups in total. The number of nitrogens with zero attached hydrogens (tertiary/aromatic N) is 1. The van der Waals surface area contributed by atoms with Gasteiger partial charge in [0.05, 0.1) is 6.61 Å². The molecular weight excluding hydrogens is 264 g/mol. The summed E-state index contributed by atoms with van der Waals surface area (Å²) in [5.41, 5.74) is 1.57. The van der Waals surface area contributed by atoms with Crippen LogP contribution in [0.2, 0.25) is 0 Å². The number of nitrogens with one attached hydrogen (secondary N) is 1. The van der Waals surface area contributed by atoms with E-state index in [1.165, 1.54) is 14.1 Å². The summed E-state index contributed by atoms with van der Waals surface area (Å²) in [6, 6.07) is 7.31. The third-order valence-electron chi connectivity index (χ3n) is 2.40. The van der Waals surface area contributed by atoms with E-state index in [9.17, 15) is 8.42 Å². The number of benzene rings is 1. The van der Waals surface area contributed by atoms with Gasteiger partial charge in [-0.2, -0.15) is 17.4 Å². The van der Waals surface area contributed by atoms with E-state index >= 15 is 0 Å². The van der Waals surface area contributed by atoms with Gasteiger partial charge in [-0.25, -0.2) is 0 Å². The molecule has 6 heteroatoms. The van der Waals surface area contributed by atoms with Crippen molar-refractivity contribution in [2.45, 2.75) is 13.0 Å². The molecule has 0 atom stereocenters. The van der Waals surface area contributed by atoms with Crippen molar-refractivity contribution in [3.8, 4) is 11.8 Å². The van der Waals surface area contributed by atoms with E-state index in [0.29, 0.717) is 6.42 Å².